The van der Waals surface area contributed by atoms with Gasteiger partial charge < -0.3 is 9.64 Å². The van der Waals surface area contributed by atoms with Crippen molar-refractivity contribution < 1.29 is 13.9 Å². The molecule has 1 saturated heterocycles. The van der Waals surface area contributed by atoms with Gasteiger partial charge in [0.15, 0.2) is 0 Å². The predicted octanol–water partition coefficient (Wildman–Crippen LogP) is 3.15. The highest BCUT2D eigenvalue weighted by atomic mass is 19.1. The van der Waals surface area contributed by atoms with Crippen LogP contribution in [0.25, 0.3) is 0 Å². The minimum atomic E-state index is -0.452. The van der Waals surface area contributed by atoms with Crippen LogP contribution in [0.2, 0.25) is 0 Å². The highest BCUT2D eigenvalue weighted by Gasteiger charge is 2.35. The van der Waals surface area contributed by atoms with E-state index in [0.717, 1.165) is 49.7 Å². The fourth-order valence-electron chi connectivity index (χ4n) is 4.23. The van der Waals surface area contributed by atoms with E-state index in [1.165, 1.54) is 11.1 Å². The van der Waals surface area contributed by atoms with Crippen LogP contribution in [0.1, 0.15) is 30.5 Å². The van der Waals surface area contributed by atoms with Crippen molar-refractivity contribution in [1.29, 1.82) is 0 Å². The summed E-state index contributed by atoms with van der Waals surface area (Å²) in [6, 6.07) is 13.8. The molecule has 0 radical (unpaired) electrons. The molecule has 2 aromatic carbocycles. The van der Waals surface area contributed by atoms with Gasteiger partial charge in [-0.3, -0.25) is 9.69 Å². The number of halogens is 1. The van der Waals surface area contributed by atoms with Crippen LogP contribution in [-0.2, 0) is 4.79 Å². The Kier molecular flexibility index (Phi) is 6.63. The number of likely N-dealkylation sites (N-methyl/N-ethyl adjacent to an activating group) is 1. The first-order valence-corrected chi connectivity index (χ1v) is 10.8. The molecule has 0 aromatic heterocycles. The van der Waals surface area contributed by atoms with Crippen LogP contribution in [0.15, 0.2) is 53.6 Å². The smallest absolute Gasteiger partial charge is 0.257 e. The van der Waals surface area contributed by atoms with E-state index in [-0.39, 0.29) is 18.3 Å². The molecule has 0 saturated carbocycles. The standard InChI is InChI=1S/C24H29FN4O2/c1-3-27-11-13-28(14-12-27)17-24(30)29-23(20-9-4-5-10-21(20)25)16-22(26-29)18-7-6-8-19(15-18)31-2/h4-10,15,23H,3,11-14,16-17H2,1-2H3/t23-/m0/s1. The summed E-state index contributed by atoms with van der Waals surface area (Å²) in [5.41, 5.74) is 2.14. The van der Waals surface area contributed by atoms with Crippen molar-refractivity contribution in [3.05, 3.63) is 65.5 Å². The Bertz CT molecular complexity index is 956. The van der Waals surface area contributed by atoms with E-state index in [4.69, 9.17) is 4.74 Å². The lowest BCUT2D eigenvalue weighted by molar-refractivity contribution is -0.134. The lowest BCUT2D eigenvalue weighted by atomic mass is 9.98. The van der Waals surface area contributed by atoms with E-state index in [2.05, 4.69) is 21.8 Å². The summed E-state index contributed by atoms with van der Waals surface area (Å²) in [6.45, 7) is 7.08. The molecule has 0 spiro atoms. The van der Waals surface area contributed by atoms with Gasteiger partial charge in [0.2, 0.25) is 0 Å². The van der Waals surface area contributed by atoms with Gasteiger partial charge in [0.25, 0.3) is 5.91 Å². The van der Waals surface area contributed by atoms with Crippen molar-refractivity contribution in [3.63, 3.8) is 0 Å². The number of rotatable bonds is 6. The number of carbonyl (C=O) groups excluding carboxylic acids is 1. The Morgan fingerprint density at radius 3 is 2.55 bits per heavy atom. The van der Waals surface area contributed by atoms with E-state index < -0.39 is 6.04 Å². The molecule has 7 heteroatoms. The molecule has 0 aliphatic carbocycles. The average Bonchev–Trinajstić information content (AvgIpc) is 3.25. The second kappa shape index (κ2) is 9.58. The van der Waals surface area contributed by atoms with Gasteiger partial charge in [0.05, 0.1) is 25.4 Å². The minimum Gasteiger partial charge on any atom is -0.497 e. The van der Waals surface area contributed by atoms with E-state index in [1.807, 2.05) is 24.3 Å². The zero-order valence-corrected chi connectivity index (χ0v) is 18.1. The van der Waals surface area contributed by atoms with Crippen LogP contribution in [0, 0.1) is 5.82 Å². The van der Waals surface area contributed by atoms with Gasteiger partial charge in [-0.1, -0.05) is 37.3 Å². The maximum atomic E-state index is 14.6. The van der Waals surface area contributed by atoms with Crippen LogP contribution in [-0.4, -0.2) is 72.8 Å². The average molecular weight is 425 g/mol. The zero-order valence-electron chi connectivity index (χ0n) is 18.1. The van der Waals surface area contributed by atoms with Crippen molar-refractivity contribution in [1.82, 2.24) is 14.8 Å². The second-order valence-electron chi connectivity index (χ2n) is 7.97. The van der Waals surface area contributed by atoms with Crippen LogP contribution in [0.5, 0.6) is 5.75 Å². The third-order valence-corrected chi connectivity index (χ3v) is 6.10. The zero-order chi connectivity index (χ0) is 21.8. The second-order valence-corrected chi connectivity index (χ2v) is 7.97. The number of hydrazone groups is 1. The van der Waals surface area contributed by atoms with E-state index >= 15 is 0 Å². The number of nitrogens with zero attached hydrogens (tertiary/aromatic N) is 4. The minimum absolute atomic E-state index is 0.101. The number of hydrogen-bond donors (Lipinski definition) is 0. The normalized spacial score (nSPS) is 20.0. The SMILES string of the molecule is CCN1CCN(CC(=O)N2N=C(c3cccc(OC)c3)C[C@H]2c2ccccc2F)CC1. The Hall–Kier alpha value is -2.77. The molecule has 6 nitrogen and oxygen atoms in total. The van der Waals surface area contributed by atoms with Gasteiger partial charge in [-0.2, -0.15) is 5.10 Å². The number of carbonyl (C=O) groups is 1. The Labute approximate surface area is 182 Å². The van der Waals surface area contributed by atoms with E-state index in [1.54, 1.807) is 25.3 Å². The molecule has 1 amide bonds. The molecule has 2 heterocycles. The summed E-state index contributed by atoms with van der Waals surface area (Å²) in [5, 5.41) is 6.16. The molecule has 1 atom stereocenters. The Balaban J connectivity index is 1.58. The molecule has 0 N–H and O–H groups in total. The lowest BCUT2D eigenvalue weighted by Crippen LogP contribution is -2.49. The first kappa shape index (κ1) is 21.5. The van der Waals surface area contributed by atoms with Crippen LogP contribution < -0.4 is 4.74 Å². The van der Waals surface area contributed by atoms with Gasteiger partial charge in [0.1, 0.15) is 11.6 Å². The summed E-state index contributed by atoms with van der Waals surface area (Å²) in [6.07, 6.45) is 0.462. The van der Waals surface area contributed by atoms with Gasteiger partial charge in [-0.15, -0.1) is 0 Å². The number of hydrogen-bond acceptors (Lipinski definition) is 5. The Morgan fingerprint density at radius 1 is 1.10 bits per heavy atom. The van der Waals surface area contributed by atoms with Crippen molar-refractivity contribution in [3.8, 4) is 5.75 Å². The van der Waals surface area contributed by atoms with E-state index in [9.17, 15) is 9.18 Å². The maximum Gasteiger partial charge on any atom is 0.257 e. The third-order valence-electron chi connectivity index (χ3n) is 6.10. The molecular formula is C24H29FN4O2. The van der Waals surface area contributed by atoms with Crippen molar-refractivity contribution in [2.24, 2.45) is 5.10 Å². The Morgan fingerprint density at radius 2 is 1.84 bits per heavy atom. The van der Waals surface area contributed by atoms with Crippen molar-refractivity contribution in [2.45, 2.75) is 19.4 Å². The predicted molar refractivity (Wildman–Crippen MR) is 119 cm³/mol. The molecule has 1 fully saturated rings. The molecule has 4 rings (SSSR count). The van der Waals surface area contributed by atoms with Crippen molar-refractivity contribution in [2.75, 3.05) is 46.4 Å². The molecular weight excluding hydrogens is 395 g/mol. The van der Waals surface area contributed by atoms with Crippen LogP contribution >= 0.6 is 0 Å². The van der Waals surface area contributed by atoms with Gasteiger partial charge in [-0.05, 0) is 24.7 Å². The molecule has 31 heavy (non-hydrogen) atoms. The molecule has 164 valence electrons. The third kappa shape index (κ3) is 4.78. The fraction of sp³-hybridized carbons (Fsp3) is 0.417. The summed E-state index contributed by atoms with van der Waals surface area (Å²) < 4.78 is 20.0. The number of ether oxygens (including phenoxy) is 1. The summed E-state index contributed by atoms with van der Waals surface area (Å²) >= 11 is 0. The highest BCUT2D eigenvalue weighted by Crippen LogP contribution is 2.34. The molecule has 0 unspecified atom stereocenters. The first-order chi connectivity index (χ1) is 15.1. The molecule has 0 bridgehead atoms. The summed E-state index contributed by atoms with van der Waals surface area (Å²) in [7, 11) is 1.62. The van der Waals surface area contributed by atoms with Crippen LogP contribution in [0.4, 0.5) is 4.39 Å². The number of benzene rings is 2. The van der Waals surface area contributed by atoms with Gasteiger partial charge >= 0.3 is 0 Å². The lowest BCUT2D eigenvalue weighted by Gasteiger charge is -2.34. The van der Waals surface area contributed by atoms with Crippen LogP contribution in [0.3, 0.4) is 0 Å². The molecule has 2 aliphatic heterocycles. The maximum absolute atomic E-state index is 14.6. The number of methoxy groups -OCH3 is 1. The number of amides is 1. The summed E-state index contributed by atoms with van der Waals surface area (Å²) in [5.74, 6) is 0.307. The quantitative estimate of drug-likeness (QED) is 0.715. The largest absolute Gasteiger partial charge is 0.497 e. The van der Waals surface area contributed by atoms with Gasteiger partial charge in [-0.25, -0.2) is 9.40 Å². The topological polar surface area (TPSA) is 48.4 Å². The monoisotopic (exact) mass is 424 g/mol. The van der Waals surface area contributed by atoms with E-state index in [0.29, 0.717) is 12.0 Å². The fourth-order valence-corrected chi connectivity index (χ4v) is 4.23. The molecule has 2 aromatic rings. The highest BCUT2D eigenvalue weighted by molar-refractivity contribution is 6.03. The molecule has 2 aliphatic rings. The first-order valence-electron chi connectivity index (χ1n) is 10.8. The number of piperazine rings is 1. The summed E-state index contributed by atoms with van der Waals surface area (Å²) in [4.78, 5) is 17.8. The van der Waals surface area contributed by atoms with Gasteiger partial charge in [0, 0.05) is 43.7 Å². The van der Waals surface area contributed by atoms with Crippen molar-refractivity contribution >= 4 is 11.6 Å².